The van der Waals surface area contributed by atoms with Crippen molar-refractivity contribution in [1.29, 1.82) is 0 Å². The van der Waals surface area contributed by atoms with E-state index in [0.29, 0.717) is 6.04 Å². The monoisotopic (exact) mass is 238 g/mol. The largest absolute Gasteiger partial charge is 0.313 e. The van der Waals surface area contributed by atoms with Gasteiger partial charge >= 0.3 is 0 Å². The first-order chi connectivity index (χ1) is 8.08. The van der Waals surface area contributed by atoms with Crippen LogP contribution < -0.4 is 5.32 Å². The van der Waals surface area contributed by atoms with Crippen molar-refractivity contribution in [1.82, 2.24) is 10.2 Å². The molecule has 2 rings (SSSR count). The molecule has 1 unspecified atom stereocenters. The van der Waals surface area contributed by atoms with Crippen molar-refractivity contribution in [2.75, 3.05) is 13.1 Å². The number of hydrogen-bond acceptors (Lipinski definition) is 2. The van der Waals surface area contributed by atoms with Gasteiger partial charge < -0.3 is 5.32 Å². The maximum Gasteiger partial charge on any atom is 0.0195 e. The molecule has 0 radical (unpaired) electrons. The SMILES string of the molecule is CC(C)C1CC(N(CC2CCCN2)C(C)C)C1. The van der Waals surface area contributed by atoms with Crippen LogP contribution in [0.25, 0.3) is 0 Å². The minimum atomic E-state index is 0.704. The van der Waals surface area contributed by atoms with Gasteiger partial charge in [-0.3, -0.25) is 4.90 Å². The normalized spacial score (nSPS) is 33.7. The van der Waals surface area contributed by atoms with E-state index in [4.69, 9.17) is 0 Å². The molecule has 0 aromatic rings. The number of nitrogens with one attached hydrogen (secondary N) is 1. The molecule has 2 nitrogen and oxygen atoms in total. The minimum Gasteiger partial charge on any atom is -0.313 e. The van der Waals surface area contributed by atoms with Gasteiger partial charge in [-0.1, -0.05) is 13.8 Å². The van der Waals surface area contributed by atoms with Gasteiger partial charge in [-0.05, 0) is 57.9 Å². The molecule has 1 atom stereocenters. The standard InChI is InChI=1S/C15H30N2/c1-11(2)13-8-15(9-13)17(12(3)4)10-14-6-5-7-16-14/h11-16H,5-10H2,1-4H3. The molecule has 2 heteroatoms. The van der Waals surface area contributed by atoms with Crippen LogP contribution in [0.1, 0.15) is 53.4 Å². The zero-order valence-electron chi connectivity index (χ0n) is 12.1. The summed E-state index contributed by atoms with van der Waals surface area (Å²) in [6, 6.07) is 2.33. The Hall–Kier alpha value is -0.0800. The number of rotatable bonds is 5. The molecular weight excluding hydrogens is 208 g/mol. The fourth-order valence-electron chi connectivity index (χ4n) is 3.39. The Labute approximate surface area is 107 Å². The summed E-state index contributed by atoms with van der Waals surface area (Å²) in [5, 5.41) is 3.64. The lowest BCUT2D eigenvalue weighted by atomic mass is 9.72. The van der Waals surface area contributed by atoms with Crippen LogP contribution in [0.4, 0.5) is 0 Å². The predicted octanol–water partition coefficient (Wildman–Crippen LogP) is 2.88. The average molecular weight is 238 g/mol. The van der Waals surface area contributed by atoms with Crippen molar-refractivity contribution in [3.05, 3.63) is 0 Å². The van der Waals surface area contributed by atoms with E-state index < -0.39 is 0 Å². The molecule has 1 heterocycles. The van der Waals surface area contributed by atoms with Gasteiger partial charge in [0.1, 0.15) is 0 Å². The highest BCUT2D eigenvalue weighted by Crippen LogP contribution is 2.37. The Morgan fingerprint density at radius 1 is 1.18 bits per heavy atom. The molecule has 2 aliphatic rings. The van der Waals surface area contributed by atoms with Gasteiger partial charge in [-0.25, -0.2) is 0 Å². The first kappa shape index (κ1) is 13.4. The zero-order valence-corrected chi connectivity index (χ0v) is 12.1. The molecule has 0 aromatic carbocycles. The van der Waals surface area contributed by atoms with Crippen LogP contribution in [0, 0.1) is 11.8 Å². The maximum absolute atomic E-state index is 3.64. The second-order valence-corrected chi connectivity index (χ2v) is 6.71. The maximum atomic E-state index is 3.64. The van der Waals surface area contributed by atoms with Crippen molar-refractivity contribution >= 4 is 0 Å². The molecule has 1 aliphatic carbocycles. The van der Waals surface area contributed by atoms with E-state index in [1.54, 1.807) is 0 Å². The van der Waals surface area contributed by atoms with Crippen molar-refractivity contribution in [3.63, 3.8) is 0 Å². The van der Waals surface area contributed by atoms with Gasteiger partial charge in [0, 0.05) is 24.7 Å². The molecule has 17 heavy (non-hydrogen) atoms. The average Bonchev–Trinajstić information content (AvgIpc) is 2.65. The minimum absolute atomic E-state index is 0.704. The summed E-state index contributed by atoms with van der Waals surface area (Å²) in [6.07, 6.45) is 5.62. The topological polar surface area (TPSA) is 15.3 Å². The highest BCUT2D eigenvalue weighted by atomic mass is 15.2. The third kappa shape index (κ3) is 3.23. The molecule has 0 aromatic heterocycles. The van der Waals surface area contributed by atoms with Crippen molar-refractivity contribution in [3.8, 4) is 0 Å². The van der Waals surface area contributed by atoms with E-state index in [9.17, 15) is 0 Å². The lowest BCUT2D eigenvalue weighted by molar-refractivity contribution is 0.0289. The molecule has 0 amide bonds. The van der Waals surface area contributed by atoms with E-state index in [1.165, 1.54) is 38.8 Å². The molecule has 1 N–H and O–H groups in total. The fourth-order valence-corrected chi connectivity index (χ4v) is 3.39. The summed E-state index contributed by atoms with van der Waals surface area (Å²) in [5.74, 6) is 1.86. The first-order valence-corrected chi connectivity index (χ1v) is 7.57. The van der Waals surface area contributed by atoms with Crippen LogP contribution in [-0.4, -0.2) is 36.1 Å². The van der Waals surface area contributed by atoms with Gasteiger partial charge in [0.25, 0.3) is 0 Å². The van der Waals surface area contributed by atoms with Gasteiger partial charge in [0.05, 0.1) is 0 Å². The third-order valence-electron chi connectivity index (χ3n) is 4.82. The summed E-state index contributed by atoms with van der Waals surface area (Å²) in [6.45, 7) is 12.0. The number of nitrogens with zero attached hydrogens (tertiary/aromatic N) is 1. The fraction of sp³-hybridized carbons (Fsp3) is 1.00. The first-order valence-electron chi connectivity index (χ1n) is 7.57. The van der Waals surface area contributed by atoms with Crippen molar-refractivity contribution in [2.24, 2.45) is 11.8 Å². The summed E-state index contributed by atoms with van der Waals surface area (Å²) in [7, 11) is 0. The van der Waals surface area contributed by atoms with Gasteiger partial charge in [0.2, 0.25) is 0 Å². The lowest BCUT2D eigenvalue weighted by Crippen LogP contribution is -2.52. The van der Waals surface area contributed by atoms with Crippen LogP contribution in [0.15, 0.2) is 0 Å². The summed E-state index contributed by atoms with van der Waals surface area (Å²) in [4.78, 5) is 2.75. The quantitative estimate of drug-likeness (QED) is 0.792. The van der Waals surface area contributed by atoms with E-state index in [-0.39, 0.29) is 0 Å². The molecule has 1 aliphatic heterocycles. The van der Waals surface area contributed by atoms with Crippen LogP contribution in [-0.2, 0) is 0 Å². The van der Waals surface area contributed by atoms with Gasteiger partial charge in [-0.15, -0.1) is 0 Å². The Morgan fingerprint density at radius 2 is 1.88 bits per heavy atom. The smallest absolute Gasteiger partial charge is 0.0195 e. The Morgan fingerprint density at radius 3 is 2.35 bits per heavy atom. The highest BCUT2D eigenvalue weighted by molar-refractivity contribution is 4.92. The van der Waals surface area contributed by atoms with Crippen LogP contribution in [0.5, 0.6) is 0 Å². The molecular formula is C15H30N2. The van der Waals surface area contributed by atoms with E-state index >= 15 is 0 Å². The van der Waals surface area contributed by atoms with Crippen LogP contribution in [0.3, 0.4) is 0 Å². The molecule has 0 spiro atoms. The summed E-state index contributed by atoms with van der Waals surface area (Å²) >= 11 is 0. The van der Waals surface area contributed by atoms with Gasteiger partial charge in [-0.2, -0.15) is 0 Å². The highest BCUT2D eigenvalue weighted by Gasteiger charge is 2.36. The Kier molecular flexibility index (Phi) is 4.48. The third-order valence-corrected chi connectivity index (χ3v) is 4.82. The van der Waals surface area contributed by atoms with Crippen molar-refractivity contribution in [2.45, 2.75) is 71.5 Å². The molecule has 100 valence electrons. The van der Waals surface area contributed by atoms with E-state index in [1.807, 2.05) is 0 Å². The Bertz CT molecular complexity index is 225. The molecule has 1 saturated carbocycles. The van der Waals surface area contributed by atoms with E-state index in [2.05, 4.69) is 37.9 Å². The van der Waals surface area contributed by atoms with E-state index in [0.717, 1.165) is 23.9 Å². The predicted molar refractivity (Wildman–Crippen MR) is 74.2 cm³/mol. The van der Waals surface area contributed by atoms with Crippen LogP contribution in [0.2, 0.25) is 0 Å². The second-order valence-electron chi connectivity index (χ2n) is 6.71. The van der Waals surface area contributed by atoms with Crippen LogP contribution >= 0.6 is 0 Å². The molecule has 0 bridgehead atoms. The summed E-state index contributed by atoms with van der Waals surface area (Å²) in [5.41, 5.74) is 0. The Balaban J connectivity index is 1.81. The van der Waals surface area contributed by atoms with Crippen molar-refractivity contribution < 1.29 is 0 Å². The number of hydrogen-bond donors (Lipinski definition) is 1. The lowest BCUT2D eigenvalue weighted by Gasteiger charge is -2.47. The summed E-state index contributed by atoms with van der Waals surface area (Å²) < 4.78 is 0. The zero-order chi connectivity index (χ0) is 12.4. The molecule has 2 fully saturated rings. The van der Waals surface area contributed by atoms with Gasteiger partial charge in [0.15, 0.2) is 0 Å². The second kappa shape index (κ2) is 5.71. The molecule has 1 saturated heterocycles.